The van der Waals surface area contributed by atoms with Crippen molar-refractivity contribution in [2.24, 2.45) is 5.92 Å². The first kappa shape index (κ1) is 18.4. The highest BCUT2D eigenvalue weighted by molar-refractivity contribution is 6.62. The highest BCUT2D eigenvalue weighted by Gasteiger charge is 2.51. The minimum Gasteiger partial charge on any atom is -0.399 e. The summed E-state index contributed by atoms with van der Waals surface area (Å²) in [5.41, 5.74) is 0.479. The fraction of sp³-hybridized carbons (Fsp3) is 0.632. The van der Waals surface area contributed by atoms with Crippen LogP contribution in [0.1, 0.15) is 53.0 Å². The van der Waals surface area contributed by atoms with Crippen LogP contribution in [0.2, 0.25) is 0 Å². The molecule has 2 fully saturated rings. The molecule has 0 spiro atoms. The van der Waals surface area contributed by atoms with Gasteiger partial charge < -0.3 is 14.2 Å². The molecular formula is C19H27BFNO3. The second-order valence-corrected chi connectivity index (χ2v) is 8.11. The SMILES string of the molecule is CCN(Cc1cc(F)cc(B2OC(C)(C)C(C)(C)O2)c1)C(=O)C1CC1. The molecule has 3 rings (SSSR count). The monoisotopic (exact) mass is 347 g/mol. The molecule has 4 nitrogen and oxygen atoms in total. The molecule has 1 amide bonds. The van der Waals surface area contributed by atoms with Crippen molar-refractivity contribution in [2.75, 3.05) is 6.54 Å². The second kappa shape index (κ2) is 6.40. The Morgan fingerprint density at radius 2 is 1.80 bits per heavy atom. The van der Waals surface area contributed by atoms with Gasteiger partial charge in [-0.05, 0) is 70.6 Å². The summed E-state index contributed by atoms with van der Waals surface area (Å²) in [5, 5.41) is 0. The maximum Gasteiger partial charge on any atom is 0.494 e. The summed E-state index contributed by atoms with van der Waals surface area (Å²) in [7, 11) is -0.603. The Kier molecular flexibility index (Phi) is 4.71. The van der Waals surface area contributed by atoms with E-state index < -0.39 is 18.3 Å². The molecule has 1 heterocycles. The van der Waals surface area contributed by atoms with Gasteiger partial charge in [0.25, 0.3) is 0 Å². The zero-order chi connectivity index (χ0) is 18.4. The molecule has 1 aromatic carbocycles. The van der Waals surface area contributed by atoms with Gasteiger partial charge in [-0.3, -0.25) is 4.79 Å². The molecular weight excluding hydrogens is 320 g/mol. The lowest BCUT2D eigenvalue weighted by Crippen LogP contribution is -2.41. The van der Waals surface area contributed by atoms with Crippen LogP contribution in [0.25, 0.3) is 0 Å². The van der Waals surface area contributed by atoms with Gasteiger partial charge in [0, 0.05) is 19.0 Å². The van der Waals surface area contributed by atoms with Gasteiger partial charge in [-0.1, -0.05) is 6.07 Å². The van der Waals surface area contributed by atoms with Crippen molar-refractivity contribution in [1.29, 1.82) is 0 Å². The van der Waals surface area contributed by atoms with E-state index in [9.17, 15) is 9.18 Å². The van der Waals surface area contributed by atoms with Crippen LogP contribution >= 0.6 is 0 Å². The van der Waals surface area contributed by atoms with Crippen LogP contribution in [0.15, 0.2) is 18.2 Å². The minimum absolute atomic E-state index is 0.163. The van der Waals surface area contributed by atoms with Crippen LogP contribution in [-0.4, -0.2) is 35.7 Å². The molecule has 25 heavy (non-hydrogen) atoms. The van der Waals surface area contributed by atoms with Crippen molar-refractivity contribution in [2.45, 2.75) is 65.2 Å². The van der Waals surface area contributed by atoms with E-state index >= 15 is 0 Å². The number of carbonyl (C=O) groups excluding carboxylic acids is 1. The fourth-order valence-corrected chi connectivity index (χ4v) is 3.04. The van der Waals surface area contributed by atoms with Gasteiger partial charge in [-0.15, -0.1) is 0 Å². The standard InChI is InChI=1S/C19H27BFNO3/c1-6-22(17(23)14-7-8-14)12-13-9-15(11-16(21)10-13)20-24-18(2,3)19(4,5)25-20/h9-11,14H,6-8,12H2,1-5H3. The lowest BCUT2D eigenvalue weighted by molar-refractivity contribution is -0.132. The van der Waals surface area contributed by atoms with Gasteiger partial charge in [-0.2, -0.15) is 0 Å². The third-order valence-electron chi connectivity index (χ3n) is 5.50. The third kappa shape index (κ3) is 3.75. The van der Waals surface area contributed by atoms with Crippen molar-refractivity contribution >= 4 is 18.5 Å². The van der Waals surface area contributed by atoms with Crippen LogP contribution in [-0.2, 0) is 20.6 Å². The Morgan fingerprint density at radius 3 is 2.32 bits per heavy atom. The number of amides is 1. The molecule has 0 bridgehead atoms. The average molecular weight is 347 g/mol. The van der Waals surface area contributed by atoms with Gasteiger partial charge in [0.05, 0.1) is 11.2 Å². The molecule has 0 aromatic heterocycles. The van der Waals surface area contributed by atoms with Crippen molar-refractivity contribution in [3.63, 3.8) is 0 Å². The number of benzene rings is 1. The van der Waals surface area contributed by atoms with Gasteiger partial charge in [0.15, 0.2) is 0 Å². The van der Waals surface area contributed by atoms with Crippen molar-refractivity contribution in [3.05, 3.63) is 29.6 Å². The topological polar surface area (TPSA) is 38.8 Å². The Balaban J connectivity index is 1.80. The van der Waals surface area contributed by atoms with Crippen molar-refractivity contribution in [1.82, 2.24) is 4.90 Å². The zero-order valence-corrected chi connectivity index (χ0v) is 15.8. The molecule has 0 atom stereocenters. The van der Waals surface area contributed by atoms with E-state index in [0.29, 0.717) is 18.6 Å². The van der Waals surface area contributed by atoms with E-state index in [0.717, 1.165) is 18.4 Å². The predicted molar refractivity (Wildman–Crippen MR) is 95.9 cm³/mol. The van der Waals surface area contributed by atoms with Crippen molar-refractivity contribution in [3.8, 4) is 0 Å². The highest BCUT2D eigenvalue weighted by atomic mass is 19.1. The van der Waals surface area contributed by atoms with Gasteiger partial charge in [-0.25, -0.2) is 4.39 Å². The van der Waals surface area contributed by atoms with Crippen LogP contribution in [0.5, 0.6) is 0 Å². The number of rotatable bonds is 5. The molecule has 1 aliphatic carbocycles. The molecule has 1 aromatic rings. The maximum atomic E-state index is 14.2. The normalized spacial score (nSPS) is 21.4. The van der Waals surface area contributed by atoms with E-state index in [-0.39, 0.29) is 17.6 Å². The Morgan fingerprint density at radius 1 is 1.20 bits per heavy atom. The van der Waals surface area contributed by atoms with E-state index in [2.05, 4.69) is 0 Å². The maximum absolute atomic E-state index is 14.2. The fourth-order valence-electron chi connectivity index (χ4n) is 3.04. The minimum atomic E-state index is -0.603. The number of hydrogen-bond acceptors (Lipinski definition) is 3. The number of halogens is 1. The Hall–Kier alpha value is -1.40. The van der Waals surface area contributed by atoms with E-state index in [1.807, 2.05) is 40.7 Å². The number of nitrogens with zero attached hydrogens (tertiary/aromatic N) is 1. The van der Waals surface area contributed by atoms with Crippen LogP contribution in [0, 0.1) is 11.7 Å². The second-order valence-electron chi connectivity index (χ2n) is 8.11. The Labute approximate surface area is 149 Å². The van der Waals surface area contributed by atoms with Crippen LogP contribution in [0.3, 0.4) is 0 Å². The molecule has 1 aliphatic heterocycles. The van der Waals surface area contributed by atoms with Gasteiger partial charge in [0.2, 0.25) is 5.91 Å². The average Bonchev–Trinajstić information content (AvgIpc) is 3.31. The largest absolute Gasteiger partial charge is 0.494 e. The number of hydrogen-bond donors (Lipinski definition) is 0. The van der Waals surface area contributed by atoms with Crippen molar-refractivity contribution < 1.29 is 18.5 Å². The van der Waals surface area contributed by atoms with Crippen LogP contribution < -0.4 is 5.46 Å². The van der Waals surface area contributed by atoms with E-state index in [1.165, 1.54) is 12.1 Å². The zero-order valence-electron chi connectivity index (χ0n) is 15.8. The molecule has 1 saturated heterocycles. The Bertz CT molecular complexity index is 657. The van der Waals surface area contributed by atoms with Gasteiger partial charge >= 0.3 is 7.12 Å². The summed E-state index contributed by atoms with van der Waals surface area (Å²) in [6.07, 6.45) is 1.94. The number of carbonyl (C=O) groups is 1. The summed E-state index contributed by atoms with van der Waals surface area (Å²) in [5.74, 6) is -0.00263. The summed E-state index contributed by atoms with van der Waals surface area (Å²) in [4.78, 5) is 14.1. The van der Waals surface area contributed by atoms with Crippen LogP contribution in [0.4, 0.5) is 4.39 Å². The lowest BCUT2D eigenvalue weighted by Gasteiger charge is -2.32. The molecule has 0 unspecified atom stereocenters. The summed E-state index contributed by atoms with van der Waals surface area (Å²) in [6.45, 7) is 10.9. The quantitative estimate of drug-likeness (QED) is 0.769. The molecule has 1 saturated carbocycles. The van der Waals surface area contributed by atoms with E-state index in [4.69, 9.17) is 9.31 Å². The first-order valence-electron chi connectivity index (χ1n) is 9.07. The lowest BCUT2D eigenvalue weighted by atomic mass is 9.78. The summed E-state index contributed by atoms with van der Waals surface area (Å²) < 4.78 is 26.2. The third-order valence-corrected chi connectivity index (χ3v) is 5.50. The summed E-state index contributed by atoms with van der Waals surface area (Å²) >= 11 is 0. The molecule has 0 radical (unpaired) electrons. The summed E-state index contributed by atoms with van der Waals surface area (Å²) in [6, 6.07) is 4.82. The first-order chi connectivity index (χ1) is 11.6. The smallest absolute Gasteiger partial charge is 0.399 e. The molecule has 2 aliphatic rings. The molecule has 6 heteroatoms. The first-order valence-corrected chi connectivity index (χ1v) is 9.07. The molecule has 0 N–H and O–H groups in total. The highest BCUT2D eigenvalue weighted by Crippen LogP contribution is 2.36. The molecule has 136 valence electrons. The van der Waals surface area contributed by atoms with Gasteiger partial charge in [0.1, 0.15) is 5.82 Å². The predicted octanol–water partition coefficient (Wildman–Crippen LogP) is 2.88. The van der Waals surface area contributed by atoms with E-state index in [1.54, 1.807) is 4.90 Å².